The zero-order chi connectivity index (χ0) is 23.3. The van der Waals surface area contributed by atoms with Crippen molar-refractivity contribution < 1.29 is 9.21 Å². The second-order valence-electron chi connectivity index (χ2n) is 8.66. The molecular formula is C27H29N5O2. The predicted octanol–water partition coefficient (Wildman–Crippen LogP) is 4.08. The van der Waals surface area contributed by atoms with Crippen molar-refractivity contribution in [2.45, 2.75) is 19.4 Å². The largest absolute Gasteiger partial charge is 0.449 e. The minimum Gasteiger partial charge on any atom is -0.449 e. The number of fused-ring (bicyclic) bond motifs is 1. The second-order valence-corrected chi connectivity index (χ2v) is 8.66. The Kier molecular flexibility index (Phi) is 6.53. The molecule has 1 amide bonds. The fourth-order valence-electron chi connectivity index (χ4n) is 4.41. The van der Waals surface area contributed by atoms with Crippen LogP contribution in [0.3, 0.4) is 0 Å². The van der Waals surface area contributed by atoms with Gasteiger partial charge in [0.1, 0.15) is 0 Å². The van der Waals surface area contributed by atoms with Gasteiger partial charge >= 0.3 is 0 Å². The first-order valence-corrected chi connectivity index (χ1v) is 11.8. The smallest absolute Gasteiger partial charge is 0.287 e. The van der Waals surface area contributed by atoms with Gasteiger partial charge in [0.2, 0.25) is 0 Å². The molecule has 0 spiro atoms. The molecule has 1 atom stereocenters. The molecule has 1 unspecified atom stereocenters. The van der Waals surface area contributed by atoms with Crippen LogP contribution in [0, 0.1) is 0 Å². The number of nitrogens with one attached hydrogen (secondary N) is 1. The molecule has 7 heteroatoms. The molecule has 1 saturated heterocycles. The van der Waals surface area contributed by atoms with Crippen LogP contribution in [0.25, 0.3) is 11.0 Å². The van der Waals surface area contributed by atoms with Gasteiger partial charge in [0.15, 0.2) is 11.3 Å². The molecule has 7 nitrogen and oxygen atoms in total. The van der Waals surface area contributed by atoms with Crippen LogP contribution in [-0.4, -0.2) is 53.5 Å². The van der Waals surface area contributed by atoms with E-state index in [1.807, 2.05) is 61.7 Å². The molecule has 1 aliphatic rings. The number of carbonyl (C=O) groups is 1. The van der Waals surface area contributed by atoms with Crippen LogP contribution in [-0.2, 0) is 6.42 Å². The molecule has 1 aromatic carbocycles. The van der Waals surface area contributed by atoms with Gasteiger partial charge in [-0.05, 0) is 43.3 Å². The van der Waals surface area contributed by atoms with E-state index in [9.17, 15) is 4.79 Å². The number of hydrogen-bond donors (Lipinski definition) is 1. The van der Waals surface area contributed by atoms with Crippen LogP contribution in [0.4, 0.5) is 5.69 Å². The maximum absolute atomic E-state index is 12.9. The monoisotopic (exact) mass is 455 g/mol. The summed E-state index contributed by atoms with van der Waals surface area (Å²) in [6.07, 6.45) is 4.54. The lowest BCUT2D eigenvalue weighted by Gasteiger charge is -2.36. The Morgan fingerprint density at radius 2 is 1.79 bits per heavy atom. The second kappa shape index (κ2) is 10.1. The Bertz CT molecular complexity index is 1230. The Morgan fingerprint density at radius 3 is 2.53 bits per heavy atom. The van der Waals surface area contributed by atoms with Crippen LogP contribution >= 0.6 is 0 Å². The van der Waals surface area contributed by atoms with E-state index in [4.69, 9.17) is 4.42 Å². The third-order valence-electron chi connectivity index (χ3n) is 6.35. The number of amides is 1. The molecule has 0 radical (unpaired) electrons. The molecule has 5 rings (SSSR count). The number of piperazine rings is 1. The standard InChI is InChI=1S/C27H29N5O2/c1-20(23-9-3-5-13-29-23)30-27(33)25-19-21-7-6-10-24(26(21)34-25)32-17-15-31(16-18-32)14-11-22-8-2-4-12-28-22/h2-10,12-13,19-20H,11,14-18H2,1H3,(H,30,33). The predicted molar refractivity (Wildman–Crippen MR) is 133 cm³/mol. The summed E-state index contributed by atoms with van der Waals surface area (Å²) in [5.41, 5.74) is 3.75. The van der Waals surface area contributed by atoms with Crippen LogP contribution in [0.15, 0.2) is 77.5 Å². The van der Waals surface area contributed by atoms with Crippen LogP contribution in [0.5, 0.6) is 0 Å². The summed E-state index contributed by atoms with van der Waals surface area (Å²) in [6.45, 7) is 6.73. The molecule has 34 heavy (non-hydrogen) atoms. The molecule has 4 aromatic rings. The summed E-state index contributed by atoms with van der Waals surface area (Å²) < 4.78 is 6.09. The van der Waals surface area contributed by atoms with Gasteiger partial charge in [0.25, 0.3) is 5.91 Å². The number of para-hydroxylation sites is 1. The molecule has 0 aliphatic carbocycles. The van der Waals surface area contributed by atoms with Crippen molar-refractivity contribution in [1.82, 2.24) is 20.2 Å². The lowest BCUT2D eigenvalue weighted by Crippen LogP contribution is -2.47. The average Bonchev–Trinajstić information content (AvgIpc) is 3.34. The first-order valence-electron chi connectivity index (χ1n) is 11.8. The Labute approximate surface area is 199 Å². The highest BCUT2D eigenvalue weighted by Crippen LogP contribution is 2.30. The molecular weight excluding hydrogens is 426 g/mol. The molecule has 0 saturated carbocycles. The Hall–Kier alpha value is -3.71. The summed E-state index contributed by atoms with van der Waals surface area (Å²) in [4.78, 5) is 26.4. The van der Waals surface area contributed by atoms with Crippen molar-refractivity contribution in [2.24, 2.45) is 0 Å². The van der Waals surface area contributed by atoms with Gasteiger partial charge in [0, 0.05) is 62.6 Å². The fraction of sp³-hybridized carbons (Fsp3) is 0.296. The van der Waals surface area contributed by atoms with Gasteiger partial charge in [-0.3, -0.25) is 19.7 Å². The van der Waals surface area contributed by atoms with E-state index in [1.165, 1.54) is 0 Å². The lowest BCUT2D eigenvalue weighted by molar-refractivity contribution is 0.0913. The summed E-state index contributed by atoms with van der Waals surface area (Å²) >= 11 is 0. The summed E-state index contributed by atoms with van der Waals surface area (Å²) in [6, 6.07) is 19.5. The first kappa shape index (κ1) is 22.1. The highest BCUT2D eigenvalue weighted by atomic mass is 16.3. The number of rotatable bonds is 7. The molecule has 1 N–H and O–H groups in total. The van der Waals surface area contributed by atoms with Crippen molar-refractivity contribution >= 4 is 22.6 Å². The number of benzene rings is 1. The van der Waals surface area contributed by atoms with Gasteiger partial charge in [-0.25, -0.2) is 0 Å². The Balaban J connectivity index is 1.24. The summed E-state index contributed by atoms with van der Waals surface area (Å²) in [5, 5.41) is 3.92. The van der Waals surface area contributed by atoms with E-state index in [-0.39, 0.29) is 11.9 Å². The van der Waals surface area contributed by atoms with Crippen LogP contribution in [0.1, 0.15) is 34.9 Å². The number of pyridine rings is 2. The minimum atomic E-state index is -0.236. The van der Waals surface area contributed by atoms with Crippen molar-refractivity contribution in [3.05, 3.63) is 90.2 Å². The minimum absolute atomic E-state index is 0.208. The zero-order valence-electron chi connectivity index (χ0n) is 19.4. The van der Waals surface area contributed by atoms with E-state index in [0.29, 0.717) is 5.76 Å². The van der Waals surface area contributed by atoms with Crippen molar-refractivity contribution in [3.8, 4) is 0 Å². The number of furan rings is 1. The fourth-order valence-corrected chi connectivity index (χ4v) is 4.41. The third kappa shape index (κ3) is 4.94. The van der Waals surface area contributed by atoms with Gasteiger partial charge in [-0.2, -0.15) is 0 Å². The van der Waals surface area contributed by atoms with E-state index in [2.05, 4.69) is 37.2 Å². The van der Waals surface area contributed by atoms with E-state index in [1.54, 1.807) is 6.20 Å². The Morgan fingerprint density at radius 1 is 1.00 bits per heavy atom. The van der Waals surface area contributed by atoms with Gasteiger partial charge < -0.3 is 14.6 Å². The SMILES string of the molecule is CC(NC(=O)c1cc2cccc(N3CCN(CCc4ccccn4)CC3)c2o1)c1ccccn1. The number of hydrogen-bond acceptors (Lipinski definition) is 6. The van der Waals surface area contributed by atoms with Gasteiger partial charge in [-0.15, -0.1) is 0 Å². The van der Waals surface area contributed by atoms with E-state index in [0.717, 1.165) is 67.2 Å². The van der Waals surface area contributed by atoms with Crippen molar-refractivity contribution in [2.75, 3.05) is 37.6 Å². The maximum Gasteiger partial charge on any atom is 0.287 e. The molecule has 0 bridgehead atoms. The molecule has 3 aromatic heterocycles. The highest BCUT2D eigenvalue weighted by molar-refractivity contribution is 5.99. The number of nitrogens with zero attached hydrogens (tertiary/aromatic N) is 4. The molecule has 174 valence electrons. The summed E-state index contributed by atoms with van der Waals surface area (Å²) in [5.74, 6) is 0.0823. The highest BCUT2D eigenvalue weighted by Gasteiger charge is 2.22. The molecule has 4 heterocycles. The van der Waals surface area contributed by atoms with Crippen LogP contribution in [0.2, 0.25) is 0 Å². The number of aromatic nitrogens is 2. The van der Waals surface area contributed by atoms with Gasteiger partial charge in [-0.1, -0.05) is 24.3 Å². The zero-order valence-corrected chi connectivity index (χ0v) is 19.4. The summed E-state index contributed by atoms with van der Waals surface area (Å²) in [7, 11) is 0. The van der Waals surface area contributed by atoms with Crippen molar-refractivity contribution in [1.29, 1.82) is 0 Å². The van der Waals surface area contributed by atoms with Gasteiger partial charge in [0.05, 0.1) is 17.4 Å². The van der Waals surface area contributed by atoms with E-state index < -0.39 is 0 Å². The maximum atomic E-state index is 12.9. The van der Waals surface area contributed by atoms with Crippen molar-refractivity contribution in [3.63, 3.8) is 0 Å². The number of anilines is 1. The van der Waals surface area contributed by atoms with E-state index >= 15 is 0 Å². The lowest BCUT2D eigenvalue weighted by atomic mass is 10.2. The topological polar surface area (TPSA) is 74.5 Å². The number of carbonyl (C=O) groups excluding carboxylic acids is 1. The van der Waals surface area contributed by atoms with Crippen LogP contribution < -0.4 is 10.2 Å². The molecule has 1 fully saturated rings. The third-order valence-corrected chi connectivity index (χ3v) is 6.35. The normalized spacial score (nSPS) is 15.4. The average molecular weight is 456 g/mol. The first-order chi connectivity index (χ1) is 16.7. The quantitative estimate of drug-likeness (QED) is 0.453. The molecule has 1 aliphatic heterocycles.